The molecule has 130 valence electrons. The highest BCUT2D eigenvalue weighted by atomic mass is 35.5. The number of halogens is 1. The van der Waals surface area contributed by atoms with E-state index in [0.717, 1.165) is 0 Å². The molecule has 1 atom stereocenters. The average molecular weight is 376 g/mol. The Bertz CT molecular complexity index is 836. The number of amides is 3. The van der Waals surface area contributed by atoms with Crippen molar-refractivity contribution in [3.8, 4) is 11.5 Å². The van der Waals surface area contributed by atoms with Gasteiger partial charge in [0.1, 0.15) is 11.5 Å². The van der Waals surface area contributed by atoms with E-state index in [0.29, 0.717) is 0 Å². The number of aliphatic imine (C=N–C) groups is 1. The molecule has 1 aromatic carbocycles. The van der Waals surface area contributed by atoms with Crippen LogP contribution in [0.25, 0.3) is 0 Å². The summed E-state index contributed by atoms with van der Waals surface area (Å²) in [5.41, 5.74) is -0.118. The molecule has 1 unspecified atom stereocenters. The number of anilines is 1. The number of sulfonamides is 1. The number of ether oxygens (including phenoxy) is 2. The van der Waals surface area contributed by atoms with Gasteiger partial charge in [0, 0.05) is 12.1 Å². The van der Waals surface area contributed by atoms with Gasteiger partial charge in [-0.25, -0.2) is 18.2 Å². The summed E-state index contributed by atoms with van der Waals surface area (Å²) < 4.78 is 37.4. The van der Waals surface area contributed by atoms with Gasteiger partial charge in [-0.15, -0.1) is 0 Å². The summed E-state index contributed by atoms with van der Waals surface area (Å²) in [4.78, 5) is 26.5. The molecule has 1 heterocycles. The number of nitrogens with zero attached hydrogens (tertiary/aromatic N) is 1. The molecule has 3 amide bonds. The summed E-state index contributed by atoms with van der Waals surface area (Å²) in [5, 5.41) is 0.418. The van der Waals surface area contributed by atoms with Crippen molar-refractivity contribution in [1.82, 2.24) is 5.32 Å². The number of hydrogen-bond donors (Lipinski definition) is 2. The van der Waals surface area contributed by atoms with Crippen LogP contribution in [0.3, 0.4) is 0 Å². The van der Waals surface area contributed by atoms with Gasteiger partial charge in [-0.2, -0.15) is 0 Å². The molecule has 11 heteroatoms. The first-order valence-corrected chi connectivity index (χ1v) is 8.45. The molecule has 0 fully saturated rings. The summed E-state index contributed by atoms with van der Waals surface area (Å²) >= 11 is 5.96. The Kier molecular flexibility index (Phi) is 4.99. The van der Waals surface area contributed by atoms with Gasteiger partial charge in [0.25, 0.3) is 5.91 Å². The molecule has 1 aliphatic heterocycles. The van der Waals surface area contributed by atoms with Crippen molar-refractivity contribution in [1.29, 1.82) is 0 Å². The number of rotatable bonds is 5. The van der Waals surface area contributed by atoms with Crippen LogP contribution in [0, 0.1) is 0 Å². The molecule has 2 rings (SSSR count). The molecular formula is C13H14ClN3O6S. The van der Waals surface area contributed by atoms with E-state index in [1.807, 2.05) is 5.32 Å². The lowest BCUT2D eigenvalue weighted by atomic mass is 10.2. The van der Waals surface area contributed by atoms with Gasteiger partial charge < -0.3 is 9.47 Å². The summed E-state index contributed by atoms with van der Waals surface area (Å²) in [6.45, 7) is 1.28. The molecule has 9 nitrogen and oxygen atoms in total. The van der Waals surface area contributed by atoms with Gasteiger partial charge in [-0.05, 0) is 6.92 Å². The third-order valence-corrected chi connectivity index (χ3v) is 5.14. The molecule has 0 spiro atoms. The zero-order chi connectivity index (χ0) is 18.1. The predicted molar refractivity (Wildman–Crippen MR) is 87.5 cm³/mol. The molecule has 0 radical (unpaired) electrons. The summed E-state index contributed by atoms with van der Waals surface area (Å²) in [7, 11) is -1.56. The number of carbonyl (C=O) groups excluding carboxylic acids is 2. The number of methoxy groups -OCH3 is 2. The highest BCUT2D eigenvalue weighted by Crippen LogP contribution is 2.36. The molecular weight excluding hydrogens is 362 g/mol. The van der Waals surface area contributed by atoms with Crippen molar-refractivity contribution in [2.75, 3.05) is 18.9 Å². The Morgan fingerprint density at radius 1 is 1.21 bits per heavy atom. The van der Waals surface area contributed by atoms with Crippen molar-refractivity contribution in [2.45, 2.75) is 12.2 Å². The molecule has 24 heavy (non-hydrogen) atoms. The predicted octanol–water partition coefficient (Wildman–Crippen LogP) is 1.18. The van der Waals surface area contributed by atoms with Gasteiger partial charge in [-0.3, -0.25) is 14.8 Å². The van der Waals surface area contributed by atoms with Crippen molar-refractivity contribution in [2.24, 2.45) is 4.99 Å². The maximum Gasteiger partial charge on any atom is 0.347 e. The summed E-state index contributed by atoms with van der Waals surface area (Å²) in [6, 6.07) is 1.77. The van der Waals surface area contributed by atoms with Crippen molar-refractivity contribution >= 4 is 45.0 Å². The lowest BCUT2D eigenvalue weighted by Crippen LogP contribution is -2.51. The van der Waals surface area contributed by atoms with Crippen LogP contribution in [0.4, 0.5) is 10.5 Å². The second-order valence-corrected chi connectivity index (χ2v) is 6.93. The fraction of sp³-hybridized carbons (Fsp3) is 0.308. The topological polar surface area (TPSA) is 123 Å². The van der Waals surface area contributed by atoms with Gasteiger partial charge in [0.15, 0.2) is 5.25 Å². The van der Waals surface area contributed by atoms with Crippen LogP contribution in [0.15, 0.2) is 17.1 Å². The second-order valence-electron chi connectivity index (χ2n) is 4.76. The van der Waals surface area contributed by atoms with Gasteiger partial charge in [0.05, 0.1) is 30.6 Å². The van der Waals surface area contributed by atoms with Crippen molar-refractivity contribution in [3.63, 3.8) is 0 Å². The quantitative estimate of drug-likeness (QED) is 0.796. The van der Waals surface area contributed by atoms with Gasteiger partial charge >= 0.3 is 6.03 Å². The van der Waals surface area contributed by atoms with Gasteiger partial charge in [0.2, 0.25) is 10.0 Å². The fourth-order valence-corrected chi connectivity index (χ4v) is 3.78. The van der Waals surface area contributed by atoms with Crippen LogP contribution in [0.1, 0.15) is 6.92 Å². The summed E-state index contributed by atoms with van der Waals surface area (Å²) in [6.07, 6.45) is 0. The Balaban J connectivity index is 2.44. The second kappa shape index (κ2) is 6.65. The molecule has 1 aromatic rings. The Morgan fingerprint density at radius 3 is 2.38 bits per heavy atom. The van der Waals surface area contributed by atoms with E-state index in [2.05, 4.69) is 9.71 Å². The average Bonchev–Trinajstić information content (AvgIpc) is 2.46. The number of carbonyl (C=O) groups is 2. The first kappa shape index (κ1) is 18.0. The Hall–Kier alpha value is -2.33. The van der Waals surface area contributed by atoms with E-state index < -0.39 is 27.2 Å². The fourth-order valence-electron chi connectivity index (χ4n) is 2.13. The maximum atomic E-state index is 12.5. The first-order valence-electron chi connectivity index (χ1n) is 6.52. The van der Waals surface area contributed by atoms with Crippen LogP contribution in [-0.4, -0.2) is 45.5 Å². The molecule has 1 aliphatic rings. The molecule has 0 saturated heterocycles. The van der Waals surface area contributed by atoms with E-state index in [1.165, 1.54) is 33.3 Å². The van der Waals surface area contributed by atoms with E-state index in [4.69, 9.17) is 21.1 Å². The van der Waals surface area contributed by atoms with Crippen LogP contribution >= 0.6 is 11.6 Å². The minimum Gasteiger partial charge on any atom is -0.495 e. The first-order chi connectivity index (χ1) is 11.2. The smallest absolute Gasteiger partial charge is 0.347 e. The van der Waals surface area contributed by atoms with E-state index in [9.17, 15) is 18.0 Å². The number of hydrogen-bond acceptors (Lipinski definition) is 6. The zero-order valence-corrected chi connectivity index (χ0v) is 14.5. The molecule has 0 aromatic heterocycles. The van der Waals surface area contributed by atoms with E-state index >= 15 is 0 Å². The highest BCUT2D eigenvalue weighted by Gasteiger charge is 2.39. The Morgan fingerprint density at radius 2 is 1.83 bits per heavy atom. The SMILES string of the molecule is COc1cc(NS(=O)(=O)C2C(=O)NC(=O)N=C2C)c(OC)cc1Cl. The molecule has 0 saturated carbocycles. The van der Waals surface area contributed by atoms with E-state index in [1.54, 1.807) is 0 Å². The lowest BCUT2D eigenvalue weighted by molar-refractivity contribution is -0.118. The third kappa shape index (κ3) is 3.44. The third-order valence-electron chi connectivity index (χ3n) is 3.16. The molecule has 0 aliphatic carbocycles. The Labute approximate surface area is 143 Å². The number of benzene rings is 1. The van der Waals surface area contributed by atoms with Crippen LogP contribution in [0.2, 0.25) is 5.02 Å². The maximum absolute atomic E-state index is 12.5. The van der Waals surface area contributed by atoms with Crippen LogP contribution in [0.5, 0.6) is 11.5 Å². The van der Waals surface area contributed by atoms with Crippen LogP contribution in [-0.2, 0) is 14.8 Å². The highest BCUT2D eigenvalue weighted by molar-refractivity contribution is 7.94. The van der Waals surface area contributed by atoms with Gasteiger partial charge in [-0.1, -0.05) is 11.6 Å². The summed E-state index contributed by atoms with van der Waals surface area (Å²) in [5.74, 6) is -0.644. The monoisotopic (exact) mass is 375 g/mol. The normalized spacial score (nSPS) is 17.8. The van der Waals surface area contributed by atoms with Crippen molar-refractivity contribution < 1.29 is 27.5 Å². The zero-order valence-electron chi connectivity index (χ0n) is 12.9. The van der Waals surface area contributed by atoms with Crippen LogP contribution < -0.4 is 19.5 Å². The largest absolute Gasteiger partial charge is 0.495 e. The van der Waals surface area contributed by atoms with E-state index in [-0.39, 0.29) is 27.9 Å². The lowest BCUT2D eigenvalue weighted by Gasteiger charge is -2.21. The standard InChI is InChI=1S/C13H14ClN3O6S/c1-6-11(12(18)16-13(19)15-6)24(20,21)17-8-5-9(22-2)7(14)4-10(8)23-3/h4-5,11,17H,1-3H3,(H,16,18,19). The molecule has 0 bridgehead atoms. The molecule has 2 N–H and O–H groups in total. The number of urea groups is 1. The minimum absolute atomic E-state index is 0.0243. The number of nitrogens with one attached hydrogen (secondary N) is 2. The minimum atomic E-state index is -4.25. The number of imide groups is 1. The van der Waals surface area contributed by atoms with Crippen molar-refractivity contribution in [3.05, 3.63) is 17.2 Å².